The van der Waals surface area contributed by atoms with Gasteiger partial charge < -0.3 is 14.2 Å². The third-order valence-corrected chi connectivity index (χ3v) is 5.74. The van der Waals surface area contributed by atoms with E-state index in [0.717, 1.165) is 4.31 Å². The van der Waals surface area contributed by atoms with Gasteiger partial charge in [-0.25, -0.2) is 13.9 Å². The molecule has 0 aliphatic heterocycles. The number of anilines is 1. The average Bonchev–Trinajstić information content (AvgIpc) is 2.77. The van der Waals surface area contributed by atoms with Crippen molar-refractivity contribution in [3.63, 3.8) is 0 Å². The van der Waals surface area contributed by atoms with Gasteiger partial charge in [0.05, 0.1) is 24.7 Å². The van der Waals surface area contributed by atoms with Gasteiger partial charge in [-0.2, -0.15) is 4.98 Å². The largest absolute Gasteiger partial charge is 0.481 e. The zero-order valence-electron chi connectivity index (χ0n) is 16.8. The first-order valence-electron chi connectivity index (χ1n) is 8.49. The van der Waals surface area contributed by atoms with Gasteiger partial charge in [-0.15, -0.1) is 5.92 Å². The number of amides is 1. The highest BCUT2D eigenvalue weighted by Gasteiger charge is 2.30. The normalized spacial score (nSPS) is 10.4. The maximum atomic E-state index is 13.1. The highest BCUT2D eigenvalue weighted by molar-refractivity contribution is 7.92. The third kappa shape index (κ3) is 4.73. The summed E-state index contributed by atoms with van der Waals surface area (Å²) >= 11 is 0. The summed E-state index contributed by atoms with van der Waals surface area (Å²) in [6.07, 6.45) is 0. The van der Waals surface area contributed by atoms with E-state index in [2.05, 4.69) is 16.8 Å². The van der Waals surface area contributed by atoms with Crippen LogP contribution in [-0.2, 0) is 10.0 Å². The smallest absolute Gasteiger partial charge is 0.277 e. The third-order valence-electron chi connectivity index (χ3n) is 3.97. The number of ether oxygens (including phenoxy) is 3. The Morgan fingerprint density at radius 3 is 2.43 bits per heavy atom. The molecule has 0 aliphatic carbocycles. The zero-order chi connectivity index (χ0) is 22.3. The molecule has 0 bridgehead atoms. The Hall–Kier alpha value is -3.49. The number of nitrogens with one attached hydrogen (secondary N) is 1. The summed E-state index contributed by atoms with van der Waals surface area (Å²) in [7, 11) is -0.311. The lowest BCUT2D eigenvalue weighted by Crippen LogP contribution is -2.31. The molecule has 0 radical (unpaired) electrons. The number of sulfonamides is 1. The Labute approximate surface area is 174 Å². The van der Waals surface area contributed by atoms with Gasteiger partial charge in [0.25, 0.3) is 15.9 Å². The molecular formula is C19H21N3O7S. The van der Waals surface area contributed by atoms with E-state index in [1.165, 1.54) is 57.1 Å². The highest BCUT2D eigenvalue weighted by Crippen LogP contribution is 2.36. The Balaban J connectivity index is 2.51. The fourth-order valence-corrected chi connectivity index (χ4v) is 3.67. The van der Waals surface area contributed by atoms with Crippen molar-refractivity contribution in [2.24, 2.45) is 0 Å². The molecule has 0 fully saturated rings. The van der Waals surface area contributed by atoms with Gasteiger partial charge in [0.2, 0.25) is 11.8 Å². The van der Waals surface area contributed by atoms with Gasteiger partial charge in [-0.1, -0.05) is 5.92 Å². The van der Waals surface area contributed by atoms with E-state index < -0.39 is 15.9 Å². The summed E-state index contributed by atoms with van der Waals surface area (Å²) in [5, 5.41) is 9.07. The number of hydrogen-bond acceptors (Lipinski definition) is 8. The summed E-state index contributed by atoms with van der Waals surface area (Å²) in [6.45, 7) is 1.86. The van der Waals surface area contributed by atoms with Crippen LogP contribution in [-0.4, -0.2) is 52.4 Å². The van der Waals surface area contributed by atoms with Crippen molar-refractivity contribution in [2.45, 2.75) is 11.8 Å². The van der Waals surface area contributed by atoms with Crippen LogP contribution in [0, 0.1) is 11.8 Å². The molecule has 1 aromatic carbocycles. The maximum absolute atomic E-state index is 13.1. The molecular weight excluding hydrogens is 414 g/mol. The fourth-order valence-electron chi connectivity index (χ4n) is 2.45. The number of carbonyl (C=O) groups is 1. The summed E-state index contributed by atoms with van der Waals surface area (Å²) in [5.74, 6) is 4.72. The maximum Gasteiger partial charge on any atom is 0.277 e. The fraction of sp³-hybridized carbons (Fsp3) is 0.263. The average molecular weight is 435 g/mol. The number of carbonyl (C=O) groups excluding carboxylic acids is 1. The summed E-state index contributed by atoms with van der Waals surface area (Å²) in [5.41, 5.74) is 1.08. The number of hydroxylamine groups is 1. The van der Waals surface area contributed by atoms with Crippen molar-refractivity contribution >= 4 is 21.6 Å². The van der Waals surface area contributed by atoms with Gasteiger partial charge in [-0.3, -0.25) is 14.3 Å². The van der Waals surface area contributed by atoms with Crippen molar-refractivity contribution < 1.29 is 32.6 Å². The second-order valence-electron chi connectivity index (χ2n) is 5.67. The summed E-state index contributed by atoms with van der Waals surface area (Å²) in [6, 6.07) is 6.87. The van der Waals surface area contributed by atoms with Crippen LogP contribution in [0.25, 0.3) is 0 Å². The molecule has 2 aromatic rings. The van der Waals surface area contributed by atoms with E-state index in [1.807, 2.05) is 0 Å². The molecule has 10 nitrogen and oxygen atoms in total. The van der Waals surface area contributed by atoms with E-state index >= 15 is 0 Å². The van der Waals surface area contributed by atoms with Crippen LogP contribution < -0.4 is 24.0 Å². The number of rotatable bonds is 8. The van der Waals surface area contributed by atoms with E-state index in [4.69, 9.17) is 19.4 Å². The number of hydrogen-bond donors (Lipinski definition) is 2. The Morgan fingerprint density at radius 1 is 1.23 bits per heavy atom. The highest BCUT2D eigenvalue weighted by atomic mass is 32.2. The first-order valence-corrected chi connectivity index (χ1v) is 9.93. The number of pyridine rings is 1. The first-order chi connectivity index (χ1) is 14.3. The van der Waals surface area contributed by atoms with Crippen molar-refractivity contribution in [3.05, 3.63) is 35.9 Å². The molecule has 2 rings (SSSR count). The van der Waals surface area contributed by atoms with Crippen LogP contribution in [0.15, 0.2) is 35.2 Å². The van der Waals surface area contributed by atoms with Gasteiger partial charge in [0.1, 0.15) is 18.0 Å². The number of methoxy groups -OCH3 is 2. The Morgan fingerprint density at radius 2 is 1.90 bits per heavy atom. The minimum Gasteiger partial charge on any atom is -0.481 e. The molecule has 1 heterocycles. The molecule has 1 aromatic heterocycles. The molecule has 0 saturated heterocycles. The lowest BCUT2D eigenvalue weighted by molar-refractivity contribution is 0.0706. The molecule has 0 atom stereocenters. The van der Waals surface area contributed by atoms with E-state index in [0.29, 0.717) is 5.75 Å². The SMILES string of the molecule is CC#CCOc1ccc(S(=O)(=O)N(C)c2c(C(=O)NO)cc(OC)nc2OC)cc1. The number of benzene rings is 1. The number of aromatic nitrogens is 1. The van der Waals surface area contributed by atoms with Crippen LogP contribution in [0.3, 0.4) is 0 Å². The van der Waals surface area contributed by atoms with Crippen molar-refractivity contribution in [1.82, 2.24) is 10.5 Å². The topological polar surface area (TPSA) is 127 Å². The molecule has 30 heavy (non-hydrogen) atoms. The van der Waals surface area contributed by atoms with E-state index in [9.17, 15) is 13.2 Å². The van der Waals surface area contributed by atoms with Gasteiger partial charge in [0, 0.05) is 13.1 Å². The lowest BCUT2D eigenvalue weighted by atomic mass is 10.2. The van der Waals surface area contributed by atoms with Crippen molar-refractivity contribution in [1.29, 1.82) is 0 Å². The summed E-state index contributed by atoms with van der Waals surface area (Å²) in [4.78, 5) is 16.1. The monoisotopic (exact) mass is 435 g/mol. The van der Waals surface area contributed by atoms with Gasteiger partial charge >= 0.3 is 0 Å². The Kier molecular flexibility index (Phi) is 7.46. The minimum absolute atomic E-state index is 0.00308. The van der Waals surface area contributed by atoms with E-state index in [1.54, 1.807) is 6.92 Å². The zero-order valence-corrected chi connectivity index (χ0v) is 17.6. The molecule has 2 N–H and O–H groups in total. The molecule has 1 amide bonds. The second kappa shape index (κ2) is 9.82. The molecule has 11 heteroatoms. The van der Waals surface area contributed by atoms with E-state index in [-0.39, 0.29) is 34.5 Å². The minimum atomic E-state index is -4.12. The predicted octanol–water partition coefficient (Wildman–Crippen LogP) is 1.44. The van der Waals surface area contributed by atoms with Gasteiger partial charge in [0.15, 0.2) is 0 Å². The first kappa shape index (κ1) is 22.8. The second-order valence-corrected chi connectivity index (χ2v) is 7.64. The van der Waals surface area contributed by atoms with Crippen LogP contribution in [0.2, 0.25) is 0 Å². The molecule has 0 aliphatic rings. The van der Waals surface area contributed by atoms with Crippen molar-refractivity contribution in [2.75, 3.05) is 32.2 Å². The number of nitrogens with zero attached hydrogens (tertiary/aromatic N) is 2. The van der Waals surface area contributed by atoms with Crippen LogP contribution in [0.1, 0.15) is 17.3 Å². The standard InChI is InChI=1S/C19H21N3O7S/c1-5-6-11-29-13-7-9-14(10-8-13)30(25,26)22(2)17-15(18(23)21-24)12-16(27-3)20-19(17)28-4/h7-10,12,24H,11H2,1-4H3,(H,21,23). The summed E-state index contributed by atoms with van der Waals surface area (Å²) < 4.78 is 42.7. The lowest BCUT2D eigenvalue weighted by Gasteiger charge is -2.23. The van der Waals surface area contributed by atoms with Gasteiger partial charge in [-0.05, 0) is 31.2 Å². The van der Waals surface area contributed by atoms with Crippen LogP contribution in [0.5, 0.6) is 17.5 Å². The van der Waals surface area contributed by atoms with Crippen molar-refractivity contribution in [3.8, 4) is 29.4 Å². The molecule has 0 spiro atoms. The van der Waals surface area contributed by atoms with Crippen LogP contribution in [0.4, 0.5) is 5.69 Å². The predicted molar refractivity (Wildman–Crippen MR) is 108 cm³/mol. The molecule has 0 unspecified atom stereocenters. The molecule has 0 saturated carbocycles. The quantitative estimate of drug-likeness (QED) is 0.362. The Bertz CT molecular complexity index is 1070. The molecule has 160 valence electrons. The van der Waals surface area contributed by atoms with Crippen LogP contribution >= 0.6 is 0 Å².